The number of rotatable bonds is 5. The van der Waals surface area contributed by atoms with Crippen molar-refractivity contribution in [3.8, 4) is 23.0 Å². The van der Waals surface area contributed by atoms with Crippen molar-refractivity contribution in [2.24, 2.45) is 0 Å². The second kappa shape index (κ2) is 9.17. The Bertz CT molecular complexity index is 1640. The Kier molecular flexibility index (Phi) is 6.23. The van der Waals surface area contributed by atoms with Gasteiger partial charge in [0, 0.05) is 10.8 Å². The average Bonchev–Trinajstić information content (AvgIpc) is 2.91. The van der Waals surface area contributed by atoms with E-state index in [1.54, 1.807) is 24.3 Å². The highest BCUT2D eigenvalue weighted by atomic mass is 16.7. The molecule has 3 aromatic carbocycles. The summed E-state index contributed by atoms with van der Waals surface area (Å²) in [5.41, 5.74) is -1.88. The lowest BCUT2D eigenvalue weighted by molar-refractivity contribution is -0.300. The minimum atomic E-state index is -1.94. The number of hydrogen-bond donors (Lipinski definition) is 4. The summed E-state index contributed by atoms with van der Waals surface area (Å²) in [6.45, 7) is 6.57. The number of benzene rings is 3. The molecule has 2 heterocycles. The molecule has 1 saturated heterocycles. The zero-order valence-electron chi connectivity index (χ0n) is 21.2. The molecule has 1 aromatic heterocycles. The van der Waals surface area contributed by atoms with Crippen molar-refractivity contribution in [2.45, 2.75) is 44.1 Å². The van der Waals surface area contributed by atoms with Gasteiger partial charge in [-0.05, 0) is 49.7 Å². The Labute approximate surface area is 216 Å². The molecule has 5 unspecified atom stereocenters. The van der Waals surface area contributed by atoms with Gasteiger partial charge in [0.1, 0.15) is 40.8 Å². The van der Waals surface area contributed by atoms with Crippen LogP contribution >= 0.6 is 0 Å². The molecular weight excluding hydrogens is 496 g/mol. The molecule has 0 spiro atoms. The van der Waals surface area contributed by atoms with E-state index in [2.05, 4.69) is 6.58 Å². The summed E-state index contributed by atoms with van der Waals surface area (Å²) in [4.78, 5) is 13.2. The molecule has 4 N–H and O–H groups in total. The predicted molar refractivity (Wildman–Crippen MR) is 140 cm³/mol. The SMILES string of the molecule is C=Cc1cc(OC)c2c(c1)c(=O)oc1c2cc(OC)c2c(O)ccc(OC3OC(C)C(O)C(C)(O)C3O)c21. The molecule has 1 aliphatic heterocycles. The van der Waals surface area contributed by atoms with Crippen LogP contribution in [0.1, 0.15) is 19.4 Å². The third kappa shape index (κ3) is 3.76. The summed E-state index contributed by atoms with van der Waals surface area (Å²) in [6.07, 6.45) is -3.71. The van der Waals surface area contributed by atoms with Gasteiger partial charge < -0.3 is 43.8 Å². The largest absolute Gasteiger partial charge is 0.507 e. The molecular formula is C28H28O10. The second-order valence-corrected chi connectivity index (χ2v) is 9.47. The quantitative estimate of drug-likeness (QED) is 0.227. The third-order valence-electron chi connectivity index (χ3n) is 7.11. The summed E-state index contributed by atoms with van der Waals surface area (Å²) >= 11 is 0. The average molecular weight is 525 g/mol. The van der Waals surface area contributed by atoms with Gasteiger partial charge in [-0.15, -0.1) is 0 Å². The summed E-state index contributed by atoms with van der Waals surface area (Å²) < 4.78 is 28.7. The number of phenols is 1. The first kappa shape index (κ1) is 25.8. The van der Waals surface area contributed by atoms with Crippen LogP contribution in [0.25, 0.3) is 38.6 Å². The minimum Gasteiger partial charge on any atom is -0.507 e. The number of aliphatic hydroxyl groups excluding tert-OH is 2. The maximum absolute atomic E-state index is 13.2. The van der Waals surface area contributed by atoms with Gasteiger partial charge in [-0.1, -0.05) is 12.7 Å². The van der Waals surface area contributed by atoms with E-state index in [1.165, 1.54) is 40.2 Å². The zero-order chi connectivity index (χ0) is 27.5. The summed E-state index contributed by atoms with van der Waals surface area (Å²) in [7, 11) is 2.90. The molecule has 1 fully saturated rings. The van der Waals surface area contributed by atoms with Crippen molar-refractivity contribution in [3.63, 3.8) is 0 Å². The van der Waals surface area contributed by atoms with Crippen LogP contribution in [0, 0.1) is 0 Å². The molecule has 10 heteroatoms. The van der Waals surface area contributed by atoms with Gasteiger partial charge in [-0.3, -0.25) is 0 Å². The minimum absolute atomic E-state index is 0.0642. The number of ether oxygens (including phenoxy) is 4. The Morgan fingerprint density at radius 1 is 0.974 bits per heavy atom. The Morgan fingerprint density at radius 3 is 2.32 bits per heavy atom. The highest BCUT2D eigenvalue weighted by molar-refractivity contribution is 6.20. The molecule has 38 heavy (non-hydrogen) atoms. The number of aliphatic hydroxyl groups is 3. The maximum Gasteiger partial charge on any atom is 0.344 e. The van der Waals surface area contributed by atoms with E-state index in [4.69, 9.17) is 23.4 Å². The molecule has 200 valence electrons. The fraction of sp³-hybridized carbons (Fsp3) is 0.321. The first-order valence-electron chi connectivity index (χ1n) is 11.9. The Balaban J connectivity index is 1.85. The van der Waals surface area contributed by atoms with Crippen molar-refractivity contribution in [3.05, 3.63) is 52.9 Å². The van der Waals surface area contributed by atoms with Crippen LogP contribution in [0.3, 0.4) is 0 Å². The number of aromatic hydroxyl groups is 1. The van der Waals surface area contributed by atoms with Crippen LogP contribution in [0.5, 0.6) is 23.0 Å². The van der Waals surface area contributed by atoms with Crippen LogP contribution in [0.4, 0.5) is 0 Å². The lowest BCUT2D eigenvalue weighted by Crippen LogP contribution is -2.65. The molecule has 0 radical (unpaired) electrons. The summed E-state index contributed by atoms with van der Waals surface area (Å²) in [5, 5.41) is 44.0. The number of fused-ring (bicyclic) bond motifs is 5. The van der Waals surface area contributed by atoms with Gasteiger partial charge in [-0.2, -0.15) is 0 Å². The summed E-state index contributed by atoms with van der Waals surface area (Å²) in [5.74, 6) is 0.531. The van der Waals surface area contributed by atoms with E-state index >= 15 is 0 Å². The molecule has 5 rings (SSSR count). The number of hydrogen-bond acceptors (Lipinski definition) is 10. The van der Waals surface area contributed by atoms with Crippen LogP contribution < -0.4 is 19.8 Å². The standard InChI is InChI=1S/C28H28O10/c1-6-13-9-15-20(18(10-13)34-4)14-11-19(35-5)21-16(29)7-8-17(22(21)23(14)38-26(15)32)37-27-25(31)28(3,33)24(30)12(2)36-27/h6-12,24-25,27,29-31,33H,1H2,2-5H3. The molecule has 1 aliphatic rings. The van der Waals surface area contributed by atoms with Crippen molar-refractivity contribution in [1.29, 1.82) is 0 Å². The van der Waals surface area contributed by atoms with E-state index in [9.17, 15) is 25.2 Å². The number of methoxy groups -OCH3 is 2. The first-order valence-corrected chi connectivity index (χ1v) is 11.9. The predicted octanol–water partition coefficient (Wildman–Crippen LogP) is 3.06. The lowest BCUT2D eigenvalue weighted by atomic mass is 9.86. The van der Waals surface area contributed by atoms with Crippen molar-refractivity contribution < 1.29 is 43.8 Å². The van der Waals surface area contributed by atoms with E-state index in [-0.39, 0.29) is 39.0 Å². The van der Waals surface area contributed by atoms with Gasteiger partial charge in [0.2, 0.25) is 6.29 Å². The van der Waals surface area contributed by atoms with Crippen LogP contribution in [0.15, 0.2) is 46.1 Å². The normalized spacial score (nSPS) is 25.6. The fourth-order valence-electron chi connectivity index (χ4n) is 5.01. The van der Waals surface area contributed by atoms with Crippen molar-refractivity contribution >= 4 is 38.6 Å². The van der Waals surface area contributed by atoms with E-state index in [0.717, 1.165) is 0 Å². The van der Waals surface area contributed by atoms with Crippen LogP contribution in [-0.4, -0.2) is 64.8 Å². The fourth-order valence-corrected chi connectivity index (χ4v) is 5.01. The molecule has 5 atom stereocenters. The molecule has 0 aliphatic carbocycles. The second-order valence-electron chi connectivity index (χ2n) is 9.47. The maximum atomic E-state index is 13.2. The van der Waals surface area contributed by atoms with Crippen LogP contribution in [0.2, 0.25) is 0 Å². The zero-order valence-corrected chi connectivity index (χ0v) is 21.2. The monoisotopic (exact) mass is 524 g/mol. The highest BCUT2D eigenvalue weighted by Crippen LogP contribution is 2.46. The molecule has 4 aromatic rings. The Hall–Kier alpha value is -3.83. The molecule has 0 saturated carbocycles. The Morgan fingerprint density at radius 2 is 1.66 bits per heavy atom. The number of phenolic OH excluding ortho intramolecular Hbond substituents is 1. The van der Waals surface area contributed by atoms with Crippen molar-refractivity contribution in [2.75, 3.05) is 14.2 Å². The topological polar surface area (TPSA) is 148 Å². The first-order chi connectivity index (χ1) is 18.0. The molecule has 0 bridgehead atoms. The van der Waals surface area contributed by atoms with E-state index in [0.29, 0.717) is 22.1 Å². The van der Waals surface area contributed by atoms with Crippen LogP contribution in [-0.2, 0) is 4.74 Å². The third-order valence-corrected chi connectivity index (χ3v) is 7.11. The van der Waals surface area contributed by atoms with Gasteiger partial charge in [-0.25, -0.2) is 4.79 Å². The molecule has 10 nitrogen and oxygen atoms in total. The molecule has 0 amide bonds. The van der Waals surface area contributed by atoms with E-state index < -0.39 is 35.8 Å². The van der Waals surface area contributed by atoms with Gasteiger partial charge in [0.25, 0.3) is 0 Å². The smallest absolute Gasteiger partial charge is 0.344 e. The van der Waals surface area contributed by atoms with Crippen molar-refractivity contribution in [1.82, 2.24) is 0 Å². The lowest BCUT2D eigenvalue weighted by Gasteiger charge is -2.45. The summed E-state index contributed by atoms with van der Waals surface area (Å²) in [6, 6.07) is 7.75. The highest BCUT2D eigenvalue weighted by Gasteiger charge is 2.52. The van der Waals surface area contributed by atoms with Gasteiger partial charge >= 0.3 is 5.63 Å². The van der Waals surface area contributed by atoms with Gasteiger partial charge in [0.05, 0.1) is 36.5 Å². The van der Waals surface area contributed by atoms with Gasteiger partial charge in [0.15, 0.2) is 5.58 Å². The van der Waals surface area contributed by atoms with E-state index in [1.807, 2.05) is 0 Å².